The molecule has 0 saturated heterocycles. The Kier molecular flexibility index (Phi) is 4.36. The lowest BCUT2D eigenvalue weighted by molar-refractivity contribution is 0.297. The standard InChI is InChI=1S/C13H16BrN3O/c1-3-10(2)17-7-6-11(16-17)9-18-12-4-5-13(14)15-8-12/h4-8,10H,3,9H2,1-2H3. The zero-order chi connectivity index (χ0) is 13.0. The highest BCUT2D eigenvalue weighted by atomic mass is 79.9. The minimum atomic E-state index is 0.424. The Labute approximate surface area is 115 Å². The summed E-state index contributed by atoms with van der Waals surface area (Å²) in [6.45, 7) is 4.76. The molecule has 0 N–H and O–H groups in total. The molecular formula is C13H16BrN3O. The Morgan fingerprint density at radius 2 is 2.22 bits per heavy atom. The van der Waals surface area contributed by atoms with Crippen LogP contribution in [-0.2, 0) is 6.61 Å². The molecule has 96 valence electrons. The maximum absolute atomic E-state index is 5.61. The SMILES string of the molecule is CCC(C)n1ccc(COc2ccc(Br)nc2)n1. The summed E-state index contributed by atoms with van der Waals surface area (Å²) in [7, 11) is 0. The number of halogens is 1. The number of nitrogens with zero attached hydrogens (tertiary/aromatic N) is 3. The van der Waals surface area contributed by atoms with Crippen molar-refractivity contribution in [1.82, 2.24) is 14.8 Å². The van der Waals surface area contributed by atoms with Gasteiger partial charge in [0.15, 0.2) is 0 Å². The van der Waals surface area contributed by atoms with Crippen molar-refractivity contribution in [3.63, 3.8) is 0 Å². The Balaban J connectivity index is 1.94. The number of aromatic nitrogens is 3. The van der Waals surface area contributed by atoms with Crippen LogP contribution in [0.2, 0.25) is 0 Å². The molecule has 0 aliphatic rings. The first-order chi connectivity index (χ1) is 8.69. The van der Waals surface area contributed by atoms with Gasteiger partial charge in [-0.2, -0.15) is 5.10 Å². The zero-order valence-electron chi connectivity index (χ0n) is 10.5. The van der Waals surface area contributed by atoms with Gasteiger partial charge in [-0.25, -0.2) is 4.98 Å². The van der Waals surface area contributed by atoms with Crippen LogP contribution in [0.5, 0.6) is 5.75 Å². The smallest absolute Gasteiger partial charge is 0.138 e. The van der Waals surface area contributed by atoms with Gasteiger partial charge in [-0.3, -0.25) is 4.68 Å². The molecule has 0 radical (unpaired) electrons. The third kappa shape index (κ3) is 3.32. The summed E-state index contributed by atoms with van der Waals surface area (Å²) in [5, 5.41) is 4.48. The third-order valence-electron chi connectivity index (χ3n) is 2.79. The summed E-state index contributed by atoms with van der Waals surface area (Å²) >= 11 is 3.29. The fourth-order valence-corrected chi connectivity index (χ4v) is 1.73. The average Bonchev–Trinajstić information content (AvgIpc) is 2.86. The average molecular weight is 310 g/mol. The highest BCUT2D eigenvalue weighted by Crippen LogP contribution is 2.15. The van der Waals surface area contributed by atoms with E-state index in [1.165, 1.54) is 0 Å². The summed E-state index contributed by atoms with van der Waals surface area (Å²) in [6.07, 6.45) is 4.75. The maximum atomic E-state index is 5.61. The summed E-state index contributed by atoms with van der Waals surface area (Å²) in [5.41, 5.74) is 0.929. The second-order valence-electron chi connectivity index (χ2n) is 4.15. The van der Waals surface area contributed by atoms with Gasteiger partial charge in [0.05, 0.1) is 11.9 Å². The quantitative estimate of drug-likeness (QED) is 0.792. The van der Waals surface area contributed by atoms with Gasteiger partial charge in [0.25, 0.3) is 0 Å². The second-order valence-corrected chi connectivity index (χ2v) is 4.96. The van der Waals surface area contributed by atoms with Crippen LogP contribution in [0.1, 0.15) is 32.0 Å². The summed E-state index contributed by atoms with van der Waals surface area (Å²) < 4.78 is 8.39. The van der Waals surface area contributed by atoms with Crippen LogP contribution < -0.4 is 4.74 Å². The van der Waals surface area contributed by atoms with E-state index < -0.39 is 0 Å². The Morgan fingerprint density at radius 3 is 2.89 bits per heavy atom. The molecule has 0 amide bonds. The van der Waals surface area contributed by atoms with Gasteiger partial charge in [0.1, 0.15) is 17.0 Å². The van der Waals surface area contributed by atoms with Crippen LogP contribution in [0.3, 0.4) is 0 Å². The molecular weight excluding hydrogens is 294 g/mol. The monoisotopic (exact) mass is 309 g/mol. The van der Waals surface area contributed by atoms with Crippen LogP contribution in [0.25, 0.3) is 0 Å². The van der Waals surface area contributed by atoms with Crippen LogP contribution in [0.15, 0.2) is 35.2 Å². The zero-order valence-corrected chi connectivity index (χ0v) is 12.1. The fraction of sp³-hybridized carbons (Fsp3) is 0.385. The molecule has 0 fully saturated rings. The van der Waals surface area contributed by atoms with Gasteiger partial charge in [0.2, 0.25) is 0 Å². The first-order valence-corrected chi connectivity index (χ1v) is 6.76. The molecule has 0 saturated carbocycles. The molecule has 2 rings (SSSR count). The maximum Gasteiger partial charge on any atom is 0.138 e. The van der Waals surface area contributed by atoms with E-state index in [1.54, 1.807) is 6.20 Å². The fourth-order valence-electron chi connectivity index (χ4n) is 1.49. The van der Waals surface area contributed by atoms with Crippen LogP contribution in [-0.4, -0.2) is 14.8 Å². The lowest BCUT2D eigenvalue weighted by Crippen LogP contribution is -2.05. The van der Waals surface area contributed by atoms with Crippen molar-refractivity contribution in [2.75, 3.05) is 0 Å². The van der Waals surface area contributed by atoms with Gasteiger partial charge >= 0.3 is 0 Å². The molecule has 18 heavy (non-hydrogen) atoms. The van der Waals surface area contributed by atoms with Crippen molar-refractivity contribution in [2.45, 2.75) is 32.9 Å². The number of ether oxygens (including phenoxy) is 1. The van der Waals surface area contributed by atoms with Crippen molar-refractivity contribution < 1.29 is 4.74 Å². The van der Waals surface area contributed by atoms with E-state index in [9.17, 15) is 0 Å². The predicted molar refractivity (Wildman–Crippen MR) is 73.5 cm³/mol. The summed E-state index contributed by atoms with van der Waals surface area (Å²) in [4.78, 5) is 4.10. The first-order valence-electron chi connectivity index (χ1n) is 5.97. The Morgan fingerprint density at radius 1 is 1.39 bits per heavy atom. The number of rotatable bonds is 5. The number of hydrogen-bond acceptors (Lipinski definition) is 3. The lowest BCUT2D eigenvalue weighted by Gasteiger charge is -2.08. The van der Waals surface area contributed by atoms with Crippen LogP contribution >= 0.6 is 15.9 Å². The van der Waals surface area contributed by atoms with E-state index in [-0.39, 0.29) is 0 Å². The summed E-state index contributed by atoms with van der Waals surface area (Å²) in [5.74, 6) is 0.747. The molecule has 0 aliphatic heterocycles. The normalized spacial score (nSPS) is 12.4. The van der Waals surface area contributed by atoms with E-state index >= 15 is 0 Å². The molecule has 4 nitrogen and oxygen atoms in total. The minimum absolute atomic E-state index is 0.424. The molecule has 1 atom stereocenters. The highest BCUT2D eigenvalue weighted by Gasteiger charge is 2.05. The van der Waals surface area contributed by atoms with E-state index in [2.05, 4.69) is 39.9 Å². The van der Waals surface area contributed by atoms with Gasteiger partial charge in [-0.15, -0.1) is 0 Å². The van der Waals surface area contributed by atoms with Gasteiger partial charge in [0, 0.05) is 12.2 Å². The highest BCUT2D eigenvalue weighted by molar-refractivity contribution is 9.10. The minimum Gasteiger partial charge on any atom is -0.486 e. The third-order valence-corrected chi connectivity index (χ3v) is 3.26. The lowest BCUT2D eigenvalue weighted by atomic mass is 10.3. The molecule has 2 aromatic heterocycles. The van der Waals surface area contributed by atoms with Gasteiger partial charge in [-0.05, 0) is 47.5 Å². The Hall–Kier alpha value is -1.36. The largest absolute Gasteiger partial charge is 0.486 e. The van der Waals surface area contributed by atoms with Crippen LogP contribution in [0, 0.1) is 0 Å². The van der Waals surface area contributed by atoms with Crippen LogP contribution in [0.4, 0.5) is 0 Å². The van der Waals surface area contributed by atoms with Gasteiger partial charge < -0.3 is 4.74 Å². The molecule has 0 aliphatic carbocycles. The second kappa shape index (κ2) is 6.00. The number of hydrogen-bond donors (Lipinski definition) is 0. The predicted octanol–water partition coefficient (Wildman–Crippen LogP) is 3.59. The van der Waals surface area contributed by atoms with Gasteiger partial charge in [-0.1, -0.05) is 6.92 Å². The molecule has 0 bridgehead atoms. The number of pyridine rings is 1. The van der Waals surface area contributed by atoms with E-state index in [4.69, 9.17) is 4.74 Å². The molecule has 1 unspecified atom stereocenters. The van der Waals surface area contributed by atoms with E-state index in [0.717, 1.165) is 22.5 Å². The van der Waals surface area contributed by atoms with Crippen molar-refractivity contribution in [3.05, 3.63) is 40.9 Å². The molecule has 5 heteroatoms. The first kappa shape index (κ1) is 13.1. The molecule has 2 aromatic rings. The van der Waals surface area contributed by atoms with E-state index in [1.807, 2.05) is 29.1 Å². The summed E-state index contributed by atoms with van der Waals surface area (Å²) in [6, 6.07) is 6.14. The molecule has 0 spiro atoms. The van der Waals surface area contributed by atoms with Crippen molar-refractivity contribution >= 4 is 15.9 Å². The Bertz CT molecular complexity index is 495. The topological polar surface area (TPSA) is 39.9 Å². The van der Waals surface area contributed by atoms with Crippen molar-refractivity contribution in [2.24, 2.45) is 0 Å². The van der Waals surface area contributed by atoms with Crippen molar-refractivity contribution in [3.8, 4) is 5.75 Å². The van der Waals surface area contributed by atoms with E-state index in [0.29, 0.717) is 12.6 Å². The molecule has 2 heterocycles. The van der Waals surface area contributed by atoms with Crippen molar-refractivity contribution in [1.29, 1.82) is 0 Å². The molecule has 0 aromatic carbocycles.